The summed E-state index contributed by atoms with van der Waals surface area (Å²) in [5, 5.41) is 26.6. The van der Waals surface area contributed by atoms with Crippen LogP contribution in [0.1, 0.15) is 17.5 Å². The second-order valence-corrected chi connectivity index (χ2v) is 4.35. The summed E-state index contributed by atoms with van der Waals surface area (Å²) in [6.07, 6.45) is 0.354. The fraction of sp³-hybridized carbons (Fsp3) is 0.467. The molecule has 0 radical (unpaired) electrons. The number of hydrogen-bond acceptors (Lipinski definition) is 4. The van der Waals surface area contributed by atoms with Crippen LogP contribution >= 0.6 is 0 Å². The third-order valence-corrected chi connectivity index (χ3v) is 2.67. The van der Waals surface area contributed by atoms with Crippen LogP contribution in [0.15, 0.2) is 18.2 Å². The lowest BCUT2D eigenvalue weighted by Crippen LogP contribution is -2.29. The Morgan fingerprint density at radius 1 is 1.00 bits per heavy atom. The summed E-state index contributed by atoms with van der Waals surface area (Å²) in [5.41, 5.74) is 1.29. The predicted octanol–water partition coefficient (Wildman–Crippen LogP) is 0.346. The first-order valence-corrected chi connectivity index (χ1v) is 6.53. The average Bonchev–Trinajstić information content (AvgIpc) is 2.39. The minimum atomic E-state index is -0.372. The Balaban J connectivity index is 2.81. The van der Waals surface area contributed by atoms with Crippen molar-refractivity contribution in [3.63, 3.8) is 0 Å². The van der Waals surface area contributed by atoms with E-state index < -0.39 is 0 Å². The summed E-state index contributed by atoms with van der Waals surface area (Å²) < 4.78 is 13.5. The van der Waals surface area contributed by atoms with Gasteiger partial charge in [0.15, 0.2) is 0 Å². The summed E-state index contributed by atoms with van der Waals surface area (Å²) in [7, 11) is 0. The van der Waals surface area contributed by atoms with Crippen molar-refractivity contribution in [1.82, 2.24) is 4.90 Å². The van der Waals surface area contributed by atoms with Crippen LogP contribution in [0.4, 0.5) is 4.39 Å². The Labute approximate surface area is 118 Å². The molecule has 0 fully saturated rings. The second kappa shape index (κ2) is 9.45. The first kappa shape index (κ1) is 16.6. The molecule has 3 N–H and O–H groups in total. The molecule has 110 valence electrons. The summed E-state index contributed by atoms with van der Waals surface area (Å²) in [6, 6.07) is 4.53. The van der Waals surface area contributed by atoms with E-state index in [2.05, 4.69) is 11.8 Å². The Hall–Kier alpha value is -1.45. The minimum absolute atomic E-state index is 0.0154. The van der Waals surface area contributed by atoms with Gasteiger partial charge in [-0.05, 0) is 23.8 Å². The number of rotatable bonds is 7. The minimum Gasteiger partial charge on any atom is -0.395 e. The molecule has 0 spiro atoms. The summed E-state index contributed by atoms with van der Waals surface area (Å²) in [6.45, 7) is 1.23. The zero-order chi connectivity index (χ0) is 14.8. The van der Waals surface area contributed by atoms with E-state index in [0.717, 1.165) is 5.56 Å². The molecule has 0 aliphatic heterocycles. The number of benzene rings is 1. The van der Waals surface area contributed by atoms with Crippen molar-refractivity contribution in [2.24, 2.45) is 0 Å². The maximum absolute atomic E-state index is 13.5. The van der Waals surface area contributed by atoms with Crippen molar-refractivity contribution in [3.05, 3.63) is 35.1 Å². The van der Waals surface area contributed by atoms with Gasteiger partial charge in [0.1, 0.15) is 5.82 Å². The van der Waals surface area contributed by atoms with Crippen LogP contribution in [0, 0.1) is 17.7 Å². The van der Waals surface area contributed by atoms with E-state index in [1.807, 2.05) is 4.90 Å². The fourth-order valence-corrected chi connectivity index (χ4v) is 1.85. The van der Waals surface area contributed by atoms with Crippen molar-refractivity contribution in [1.29, 1.82) is 0 Å². The predicted molar refractivity (Wildman–Crippen MR) is 74.4 cm³/mol. The first-order chi connectivity index (χ1) is 9.69. The van der Waals surface area contributed by atoms with Gasteiger partial charge < -0.3 is 15.3 Å². The van der Waals surface area contributed by atoms with E-state index >= 15 is 0 Å². The fourth-order valence-electron chi connectivity index (χ4n) is 1.85. The Kier molecular flexibility index (Phi) is 7.85. The van der Waals surface area contributed by atoms with Gasteiger partial charge in [0, 0.05) is 31.6 Å². The molecule has 4 nitrogen and oxygen atoms in total. The van der Waals surface area contributed by atoms with Gasteiger partial charge in [-0.15, -0.1) is 0 Å². The molecule has 0 heterocycles. The highest BCUT2D eigenvalue weighted by molar-refractivity contribution is 5.37. The number of halogens is 1. The summed E-state index contributed by atoms with van der Waals surface area (Å²) in [4.78, 5) is 1.83. The van der Waals surface area contributed by atoms with E-state index in [-0.39, 0.29) is 25.6 Å². The van der Waals surface area contributed by atoms with E-state index in [1.165, 1.54) is 12.1 Å². The molecule has 0 unspecified atom stereocenters. The zero-order valence-electron chi connectivity index (χ0n) is 11.3. The van der Waals surface area contributed by atoms with Crippen LogP contribution in [0.25, 0.3) is 0 Å². The standard InChI is InChI=1S/C15H20FNO3/c16-15-10-13(3-1-2-6-18)9-14(11-15)12-17(4-7-19)5-8-20/h9-11,18-20H,2,4-8,12H2. The maximum Gasteiger partial charge on any atom is 0.124 e. The monoisotopic (exact) mass is 281 g/mol. The normalized spacial score (nSPS) is 10.4. The van der Waals surface area contributed by atoms with Gasteiger partial charge in [0.05, 0.1) is 19.8 Å². The van der Waals surface area contributed by atoms with Crippen LogP contribution in [0.5, 0.6) is 0 Å². The lowest BCUT2D eigenvalue weighted by Gasteiger charge is -2.20. The molecule has 1 aromatic rings. The van der Waals surface area contributed by atoms with Gasteiger partial charge in [0.25, 0.3) is 0 Å². The smallest absolute Gasteiger partial charge is 0.124 e. The molecular weight excluding hydrogens is 261 g/mol. The van der Waals surface area contributed by atoms with E-state index in [0.29, 0.717) is 31.6 Å². The highest BCUT2D eigenvalue weighted by Crippen LogP contribution is 2.11. The van der Waals surface area contributed by atoms with E-state index in [9.17, 15) is 4.39 Å². The van der Waals surface area contributed by atoms with Gasteiger partial charge >= 0.3 is 0 Å². The zero-order valence-corrected chi connectivity index (χ0v) is 11.3. The third-order valence-electron chi connectivity index (χ3n) is 2.67. The van der Waals surface area contributed by atoms with Crippen molar-refractivity contribution in [3.8, 4) is 11.8 Å². The third kappa shape index (κ3) is 6.13. The lowest BCUT2D eigenvalue weighted by molar-refractivity contribution is 0.156. The quantitative estimate of drug-likeness (QED) is 0.631. The van der Waals surface area contributed by atoms with E-state index in [4.69, 9.17) is 15.3 Å². The van der Waals surface area contributed by atoms with Gasteiger partial charge in [0.2, 0.25) is 0 Å². The molecule has 20 heavy (non-hydrogen) atoms. The molecule has 0 aliphatic rings. The molecule has 0 saturated heterocycles. The maximum atomic E-state index is 13.5. The summed E-state index contributed by atoms with van der Waals surface area (Å²) in [5.74, 6) is 5.17. The number of hydrogen-bond donors (Lipinski definition) is 3. The number of nitrogens with zero attached hydrogens (tertiary/aromatic N) is 1. The Morgan fingerprint density at radius 2 is 1.70 bits per heavy atom. The molecule has 0 aromatic heterocycles. The highest BCUT2D eigenvalue weighted by atomic mass is 19.1. The Morgan fingerprint density at radius 3 is 2.30 bits per heavy atom. The van der Waals surface area contributed by atoms with Crippen LogP contribution in [-0.2, 0) is 6.54 Å². The molecule has 0 saturated carbocycles. The van der Waals surface area contributed by atoms with Crippen molar-refractivity contribution >= 4 is 0 Å². The Bertz CT molecular complexity index is 462. The number of aliphatic hydroxyl groups is 3. The summed E-state index contributed by atoms with van der Waals surface area (Å²) >= 11 is 0. The molecule has 5 heteroatoms. The number of aliphatic hydroxyl groups excluding tert-OH is 3. The van der Waals surface area contributed by atoms with Crippen LogP contribution in [0.3, 0.4) is 0 Å². The molecule has 0 aliphatic carbocycles. The van der Waals surface area contributed by atoms with Crippen LogP contribution in [0.2, 0.25) is 0 Å². The van der Waals surface area contributed by atoms with E-state index in [1.54, 1.807) is 6.07 Å². The lowest BCUT2D eigenvalue weighted by atomic mass is 10.1. The molecule has 1 aromatic carbocycles. The van der Waals surface area contributed by atoms with Crippen molar-refractivity contribution in [2.75, 3.05) is 32.9 Å². The first-order valence-electron chi connectivity index (χ1n) is 6.53. The SMILES string of the molecule is OCCC#Cc1cc(F)cc(CN(CCO)CCO)c1. The highest BCUT2D eigenvalue weighted by Gasteiger charge is 2.06. The molecular formula is C15H20FNO3. The van der Waals surface area contributed by atoms with Gasteiger partial charge in [-0.2, -0.15) is 0 Å². The molecule has 0 amide bonds. The second-order valence-electron chi connectivity index (χ2n) is 4.35. The topological polar surface area (TPSA) is 63.9 Å². The van der Waals surface area contributed by atoms with Crippen LogP contribution < -0.4 is 0 Å². The van der Waals surface area contributed by atoms with Crippen LogP contribution in [-0.4, -0.2) is 53.1 Å². The molecule has 0 atom stereocenters. The molecule has 0 bridgehead atoms. The van der Waals surface area contributed by atoms with Gasteiger partial charge in [-0.3, -0.25) is 4.90 Å². The molecule has 1 rings (SSSR count). The average molecular weight is 281 g/mol. The van der Waals surface area contributed by atoms with Crippen molar-refractivity contribution in [2.45, 2.75) is 13.0 Å². The van der Waals surface area contributed by atoms with Gasteiger partial charge in [-0.25, -0.2) is 4.39 Å². The van der Waals surface area contributed by atoms with Gasteiger partial charge in [-0.1, -0.05) is 11.8 Å². The van der Waals surface area contributed by atoms with Crippen molar-refractivity contribution < 1.29 is 19.7 Å². The largest absolute Gasteiger partial charge is 0.395 e.